The van der Waals surface area contributed by atoms with Crippen LogP contribution in [0.25, 0.3) is 0 Å². The predicted molar refractivity (Wildman–Crippen MR) is 125 cm³/mol. The summed E-state index contributed by atoms with van der Waals surface area (Å²) in [6, 6.07) is 6.42. The number of nitrogens with two attached hydrogens (primary N) is 1. The Morgan fingerprint density at radius 3 is 2.22 bits per heavy atom. The van der Waals surface area contributed by atoms with Crippen LogP contribution in [-0.2, 0) is 25.6 Å². The van der Waals surface area contributed by atoms with Crippen LogP contribution in [0.4, 0.5) is 0 Å². The summed E-state index contributed by atoms with van der Waals surface area (Å²) >= 11 is 4.49. The number of carbonyl (C=O) groups is 4. The van der Waals surface area contributed by atoms with E-state index in [1.54, 1.807) is 19.2 Å². The van der Waals surface area contributed by atoms with Crippen molar-refractivity contribution in [2.45, 2.75) is 44.4 Å². The molecule has 5 N–H and O–H groups in total. The Morgan fingerprint density at radius 1 is 1.09 bits per heavy atom. The van der Waals surface area contributed by atoms with Gasteiger partial charge in [-0.3, -0.25) is 19.2 Å². The van der Waals surface area contributed by atoms with Gasteiger partial charge in [-0.25, -0.2) is 0 Å². The molecular weight excluding hydrogens is 432 g/mol. The number of nitrogens with one attached hydrogen (secondary N) is 3. The second-order valence-corrected chi connectivity index (χ2v) is 8.64. The van der Waals surface area contributed by atoms with E-state index in [-0.39, 0.29) is 30.7 Å². The zero-order valence-electron chi connectivity index (χ0n) is 19.0. The molecule has 0 saturated heterocycles. The van der Waals surface area contributed by atoms with Crippen LogP contribution in [0.2, 0.25) is 0 Å². The molecule has 0 fully saturated rings. The molecule has 0 aliphatic rings. The van der Waals surface area contributed by atoms with Crippen molar-refractivity contribution in [1.82, 2.24) is 16.0 Å². The molecular formula is C22H34N4O5S. The van der Waals surface area contributed by atoms with Gasteiger partial charge in [-0.05, 0) is 30.0 Å². The van der Waals surface area contributed by atoms with Crippen LogP contribution in [0.5, 0.6) is 5.75 Å². The zero-order valence-corrected chi connectivity index (χ0v) is 19.9. The normalized spacial score (nSPS) is 13.6. The van der Waals surface area contributed by atoms with Crippen LogP contribution in [-0.4, -0.2) is 55.6 Å². The van der Waals surface area contributed by atoms with Gasteiger partial charge in [0.2, 0.25) is 23.6 Å². The van der Waals surface area contributed by atoms with Gasteiger partial charge in [0.1, 0.15) is 11.8 Å². The van der Waals surface area contributed by atoms with E-state index < -0.39 is 29.0 Å². The molecule has 9 nitrogen and oxygen atoms in total. The molecule has 178 valence electrons. The lowest BCUT2D eigenvalue weighted by atomic mass is 9.91. The van der Waals surface area contributed by atoms with E-state index in [0.717, 1.165) is 5.56 Å². The molecule has 0 aromatic heterocycles. The Morgan fingerprint density at radius 2 is 1.72 bits per heavy atom. The lowest BCUT2D eigenvalue weighted by Gasteiger charge is -2.25. The zero-order chi connectivity index (χ0) is 24.3. The summed E-state index contributed by atoms with van der Waals surface area (Å²) in [6.07, 6.45) is 0.707. The Kier molecular flexibility index (Phi) is 11.6. The first kappa shape index (κ1) is 27.3. The third-order valence-corrected chi connectivity index (χ3v) is 5.40. The average molecular weight is 467 g/mol. The van der Waals surface area contributed by atoms with E-state index in [2.05, 4.69) is 28.6 Å². The summed E-state index contributed by atoms with van der Waals surface area (Å²) in [4.78, 5) is 48.5. The van der Waals surface area contributed by atoms with Crippen molar-refractivity contribution in [2.75, 3.05) is 20.7 Å². The molecule has 1 aromatic rings. The van der Waals surface area contributed by atoms with Crippen LogP contribution < -0.4 is 26.4 Å². The number of thiol groups is 1. The molecule has 4 amide bonds. The highest BCUT2D eigenvalue weighted by molar-refractivity contribution is 7.81. The Bertz CT molecular complexity index is 785. The monoisotopic (exact) mass is 466 g/mol. The highest BCUT2D eigenvalue weighted by atomic mass is 32.1. The predicted octanol–water partition coefficient (Wildman–Crippen LogP) is 0.421. The van der Waals surface area contributed by atoms with Gasteiger partial charge in [0.15, 0.2) is 0 Å². The van der Waals surface area contributed by atoms with Crippen LogP contribution in [0.3, 0.4) is 0 Å². The highest BCUT2D eigenvalue weighted by Gasteiger charge is 2.30. The topological polar surface area (TPSA) is 140 Å². The molecule has 2 unspecified atom stereocenters. The van der Waals surface area contributed by atoms with Gasteiger partial charge in [-0.2, -0.15) is 12.6 Å². The molecule has 1 aromatic carbocycles. The Balaban J connectivity index is 2.83. The van der Waals surface area contributed by atoms with Gasteiger partial charge in [0, 0.05) is 25.1 Å². The van der Waals surface area contributed by atoms with E-state index in [1.807, 2.05) is 26.0 Å². The maximum absolute atomic E-state index is 12.7. The van der Waals surface area contributed by atoms with E-state index >= 15 is 0 Å². The van der Waals surface area contributed by atoms with E-state index in [9.17, 15) is 19.2 Å². The van der Waals surface area contributed by atoms with Crippen molar-refractivity contribution in [3.05, 3.63) is 29.8 Å². The van der Waals surface area contributed by atoms with Crippen molar-refractivity contribution in [1.29, 1.82) is 0 Å². The second kappa shape index (κ2) is 13.6. The third-order valence-electron chi connectivity index (χ3n) is 4.85. The van der Waals surface area contributed by atoms with E-state index in [1.165, 1.54) is 7.05 Å². The number of likely N-dealkylation sites (N-methyl/N-ethyl adjacent to an activating group) is 1. The molecule has 0 saturated carbocycles. The molecule has 0 spiro atoms. The van der Waals surface area contributed by atoms with Gasteiger partial charge >= 0.3 is 0 Å². The van der Waals surface area contributed by atoms with Crippen LogP contribution in [0.1, 0.15) is 32.3 Å². The summed E-state index contributed by atoms with van der Waals surface area (Å²) in [5.41, 5.74) is 5.95. The number of carbonyl (C=O) groups excluding carboxylic acids is 4. The maximum Gasteiger partial charge on any atom is 0.242 e. The summed E-state index contributed by atoms with van der Waals surface area (Å²) in [5, 5.41) is 7.17. The third kappa shape index (κ3) is 9.59. The minimum Gasteiger partial charge on any atom is -0.497 e. The molecule has 10 heteroatoms. The van der Waals surface area contributed by atoms with Gasteiger partial charge in [-0.1, -0.05) is 26.0 Å². The Labute approximate surface area is 194 Å². The number of hydrogen-bond acceptors (Lipinski definition) is 6. The summed E-state index contributed by atoms with van der Waals surface area (Å²) in [7, 11) is 3.07. The number of rotatable bonds is 13. The first-order valence-electron chi connectivity index (χ1n) is 10.4. The van der Waals surface area contributed by atoms with Crippen molar-refractivity contribution >= 4 is 36.3 Å². The molecule has 0 radical (unpaired) electrons. The standard InChI is InChI=1S/C22H34N4O5S/c1-13(2)9-16(21(29)25-12-19(23)27)18(32)11-20(28)26-17(22(30)24-3)10-14-5-7-15(31-4)8-6-14/h5-8,13,16-18,32H,9-12H2,1-4H3,(H2,23,27)(H,24,30)(H,25,29)(H,26,28)/t16?,17-,18?/m0/s1. The first-order chi connectivity index (χ1) is 15.1. The average Bonchev–Trinajstić information content (AvgIpc) is 2.74. The number of hydrogen-bond donors (Lipinski definition) is 5. The summed E-state index contributed by atoms with van der Waals surface area (Å²) in [5.74, 6) is -1.49. The van der Waals surface area contributed by atoms with E-state index in [0.29, 0.717) is 18.6 Å². The fraction of sp³-hybridized carbons (Fsp3) is 0.545. The Hall–Kier alpha value is -2.75. The second-order valence-electron chi connectivity index (χ2n) is 7.98. The van der Waals surface area contributed by atoms with Crippen LogP contribution in [0, 0.1) is 11.8 Å². The molecule has 32 heavy (non-hydrogen) atoms. The van der Waals surface area contributed by atoms with Crippen molar-refractivity contribution < 1.29 is 23.9 Å². The van der Waals surface area contributed by atoms with Crippen molar-refractivity contribution in [2.24, 2.45) is 17.6 Å². The smallest absolute Gasteiger partial charge is 0.242 e. The quantitative estimate of drug-likeness (QED) is 0.268. The summed E-state index contributed by atoms with van der Waals surface area (Å²) in [6.45, 7) is 3.62. The largest absolute Gasteiger partial charge is 0.497 e. The van der Waals surface area contributed by atoms with E-state index in [4.69, 9.17) is 10.5 Å². The minimum absolute atomic E-state index is 0.0689. The van der Waals surface area contributed by atoms with Crippen molar-refractivity contribution in [3.63, 3.8) is 0 Å². The molecule has 1 rings (SSSR count). The lowest BCUT2D eigenvalue weighted by molar-refractivity contribution is -0.130. The minimum atomic E-state index is -0.784. The number of amides is 4. The van der Waals surface area contributed by atoms with Gasteiger partial charge in [-0.15, -0.1) is 0 Å². The number of benzene rings is 1. The lowest BCUT2D eigenvalue weighted by Crippen LogP contribution is -2.48. The van der Waals surface area contributed by atoms with Gasteiger partial charge < -0.3 is 26.4 Å². The van der Waals surface area contributed by atoms with Gasteiger partial charge in [0.25, 0.3) is 0 Å². The molecule has 0 aliphatic heterocycles. The number of methoxy groups -OCH3 is 1. The van der Waals surface area contributed by atoms with Crippen LogP contribution in [0.15, 0.2) is 24.3 Å². The van der Waals surface area contributed by atoms with Crippen LogP contribution >= 0.6 is 12.6 Å². The number of ether oxygens (including phenoxy) is 1. The summed E-state index contributed by atoms with van der Waals surface area (Å²) < 4.78 is 5.13. The fourth-order valence-corrected chi connectivity index (χ4v) is 3.64. The first-order valence-corrected chi connectivity index (χ1v) is 11.0. The molecule has 0 bridgehead atoms. The van der Waals surface area contributed by atoms with Gasteiger partial charge in [0.05, 0.1) is 19.6 Å². The SMILES string of the molecule is CNC(=O)[C@H](Cc1ccc(OC)cc1)NC(=O)CC(S)C(CC(C)C)C(=O)NCC(N)=O. The molecule has 0 heterocycles. The highest BCUT2D eigenvalue weighted by Crippen LogP contribution is 2.23. The fourth-order valence-electron chi connectivity index (χ4n) is 3.22. The molecule has 3 atom stereocenters. The molecule has 0 aliphatic carbocycles. The number of primary amides is 1. The maximum atomic E-state index is 12.7. The van der Waals surface area contributed by atoms with Crippen molar-refractivity contribution in [3.8, 4) is 5.75 Å².